The SMILES string of the molecule is CN(Cc1cccc2c(C=O)c[nH]c12)C(=O)OC(C)(C)C. The Labute approximate surface area is 123 Å². The van der Waals surface area contributed by atoms with E-state index in [0.717, 1.165) is 22.8 Å². The predicted molar refractivity (Wildman–Crippen MR) is 81.4 cm³/mol. The number of amides is 1. The maximum absolute atomic E-state index is 12.0. The molecule has 0 aliphatic rings. The van der Waals surface area contributed by atoms with Gasteiger partial charge in [-0.1, -0.05) is 18.2 Å². The van der Waals surface area contributed by atoms with Gasteiger partial charge in [-0.3, -0.25) is 4.79 Å². The van der Waals surface area contributed by atoms with Crippen LogP contribution in [0.15, 0.2) is 24.4 Å². The van der Waals surface area contributed by atoms with Crippen molar-refractivity contribution in [1.29, 1.82) is 0 Å². The van der Waals surface area contributed by atoms with Crippen LogP contribution in [-0.4, -0.2) is 34.9 Å². The summed E-state index contributed by atoms with van der Waals surface area (Å²) in [7, 11) is 1.69. The number of carbonyl (C=O) groups is 2. The first kappa shape index (κ1) is 15.1. The zero-order chi connectivity index (χ0) is 15.6. The first-order valence-electron chi connectivity index (χ1n) is 6.80. The van der Waals surface area contributed by atoms with Crippen molar-refractivity contribution in [3.05, 3.63) is 35.5 Å². The van der Waals surface area contributed by atoms with Crippen LogP contribution in [0.4, 0.5) is 4.79 Å². The number of H-pyrrole nitrogens is 1. The van der Waals surface area contributed by atoms with Gasteiger partial charge in [-0.15, -0.1) is 0 Å². The number of carbonyl (C=O) groups excluding carboxylic acids is 2. The molecule has 1 aromatic heterocycles. The Balaban J connectivity index is 2.22. The van der Waals surface area contributed by atoms with Crippen LogP contribution in [0.3, 0.4) is 0 Å². The monoisotopic (exact) mass is 288 g/mol. The lowest BCUT2D eigenvalue weighted by molar-refractivity contribution is 0.0285. The third-order valence-corrected chi connectivity index (χ3v) is 3.07. The average Bonchev–Trinajstić information content (AvgIpc) is 2.80. The number of hydrogen-bond donors (Lipinski definition) is 1. The number of nitrogens with one attached hydrogen (secondary N) is 1. The zero-order valence-electron chi connectivity index (χ0n) is 12.8. The van der Waals surface area contributed by atoms with Crippen LogP contribution in [0.2, 0.25) is 0 Å². The fraction of sp³-hybridized carbons (Fsp3) is 0.375. The van der Waals surface area contributed by atoms with Crippen LogP contribution < -0.4 is 0 Å². The fourth-order valence-electron chi connectivity index (χ4n) is 2.13. The Morgan fingerprint density at radius 3 is 2.71 bits per heavy atom. The number of nitrogens with zero attached hydrogens (tertiary/aromatic N) is 1. The second kappa shape index (κ2) is 5.60. The van der Waals surface area contributed by atoms with E-state index in [4.69, 9.17) is 4.74 Å². The van der Waals surface area contributed by atoms with Gasteiger partial charge in [0.2, 0.25) is 0 Å². The molecule has 0 aliphatic carbocycles. The third-order valence-electron chi connectivity index (χ3n) is 3.07. The molecule has 0 spiro atoms. The Hall–Kier alpha value is -2.30. The van der Waals surface area contributed by atoms with E-state index in [1.807, 2.05) is 39.0 Å². The molecule has 0 aliphatic heterocycles. The minimum Gasteiger partial charge on any atom is -0.444 e. The van der Waals surface area contributed by atoms with E-state index in [1.54, 1.807) is 13.2 Å². The van der Waals surface area contributed by atoms with Crippen molar-refractivity contribution in [2.75, 3.05) is 7.05 Å². The molecule has 0 saturated heterocycles. The molecule has 2 aromatic rings. The van der Waals surface area contributed by atoms with Crippen molar-refractivity contribution in [2.45, 2.75) is 32.9 Å². The van der Waals surface area contributed by atoms with E-state index in [0.29, 0.717) is 12.1 Å². The van der Waals surface area contributed by atoms with Crippen LogP contribution >= 0.6 is 0 Å². The summed E-state index contributed by atoms with van der Waals surface area (Å²) in [6, 6.07) is 5.68. The summed E-state index contributed by atoms with van der Waals surface area (Å²) in [5.41, 5.74) is 1.91. The van der Waals surface area contributed by atoms with Crippen LogP contribution in [0.1, 0.15) is 36.7 Å². The number of aromatic nitrogens is 1. The predicted octanol–water partition coefficient (Wildman–Crippen LogP) is 3.35. The lowest BCUT2D eigenvalue weighted by Gasteiger charge is -2.24. The van der Waals surface area contributed by atoms with E-state index in [9.17, 15) is 9.59 Å². The first-order valence-corrected chi connectivity index (χ1v) is 6.80. The van der Waals surface area contributed by atoms with Crippen LogP contribution in [0, 0.1) is 0 Å². The Morgan fingerprint density at radius 1 is 1.38 bits per heavy atom. The molecule has 0 saturated carbocycles. The Morgan fingerprint density at radius 2 is 2.10 bits per heavy atom. The number of para-hydroxylation sites is 1. The highest BCUT2D eigenvalue weighted by Gasteiger charge is 2.20. The Bertz CT molecular complexity index is 668. The number of rotatable bonds is 3. The Kier molecular flexibility index (Phi) is 4.02. The van der Waals surface area contributed by atoms with Gasteiger partial charge in [0.25, 0.3) is 0 Å². The van der Waals surface area contributed by atoms with Crippen molar-refractivity contribution >= 4 is 23.3 Å². The van der Waals surface area contributed by atoms with Crippen molar-refractivity contribution < 1.29 is 14.3 Å². The van der Waals surface area contributed by atoms with E-state index in [-0.39, 0.29) is 6.09 Å². The number of hydrogen-bond acceptors (Lipinski definition) is 3. The van der Waals surface area contributed by atoms with E-state index in [1.165, 1.54) is 4.90 Å². The summed E-state index contributed by atoms with van der Waals surface area (Å²) in [4.78, 5) is 27.6. The van der Waals surface area contributed by atoms with E-state index in [2.05, 4.69) is 4.98 Å². The van der Waals surface area contributed by atoms with Crippen LogP contribution in [0.25, 0.3) is 10.9 Å². The molecule has 5 nitrogen and oxygen atoms in total. The fourth-order valence-corrected chi connectivity index (χ4v) is 2.13. The van der Waals surface area contributed by atoms with Gasteiger partial charge in [0, 0.05) is 24.2 Å². The second-order valence-electron chi connectivity index (χ2n) is 6.04. The minimum absolute atomic E-state index is 0.373. The number of benzene rings is 1. The van der Waals surface area contributed by atoms with Gasteiger partial charge in [0.1, 0.15) is 5.60 Å². The number of ether oxygens (including phenoxy) is 1. The van der Waals surface area contributed by atoms with Crippen molar-refractivity contribution in [1.82, 2.24) is 9.88 Å². The van der Waals surface area contributed by atoms with Gasteiger partial charge < -0.3 is 14.6 Å². The van der Waals surface area contributed by atoms with Crippen molar-refractivity contribution in [2.24, 2.45) is 0 Å². The molecule has 1 heterocycles. The third kappa shape index (κ3) is 3.42. The normalized spacial score (nSPS) is 11.4. The highest BCUT2D eigenvalue weighted by molar-refractivity contribution is 5.98. The molecule has 0 bridgehead atoms. The van der Waals surface area contributed by atoms with Crippen LogP contribution in [0.5, 0.6) is 0 Å². The van der Waals surface area contributed by atoms with E-state index < -0.39 is 5.60 Å². The zero-order valence-corrected chi connectivity index (χ0v) is 12.8. The lowest BCUT2D eigenvalue weighted by atomic mass is 10.1. The summed E-state index contributed by atoms with van der Waals surface area (Å²) in [5, 5.41) is 0.861. The lowest BCUT2D eigenvalue weighted by Crippen LogP contribution is -2.33. The molecule has 1 N–H and O–H groups in total. The first-order chi connectivity index (χ1) is 9.81. The summed E-state index contributed by atoms with van der Waals surface area (Å²) >= 11 is 0. The smallest absolute Gasteiger partial charge is 0.410 e. The maximum atomic E-state index is 12.0. The van der Waals surface area contributed by atoms with Crippen molar-refractivity contribution in [3.63, 3.8) is 0 Å². The molecule has 112 valence electrons. The molecule has 0 fully saturated rings. The average molecular weight is 288 g/mol. The topological polar surface area (TPSA) is 62.4 Å². The summed E-state index contributed by atoms with van der Waals surface area (Å²) in [5.74, 6) is 0. The van der Waals surface area contributed by atoms with Gasteiger partial charge in [-0.25, -0.2) is 4.79 Å². The number of aromatic amines is 1. The summed E-state index contributed by atoms with van der Waals surface area (Å²) in [6.45, 7) is 5.91. The molecule has 0 atom stereocenters. The number of aldehydes is 1. The van der Waals surface area contributed by atoms with Gasteiger partial charge >= 0.3 is 6.09 Å². The van der Waals surface area contributed by atoms with Crippen molar-refractivity contribution in [3.8, 4) is 0 Å². The largest absolute Gasteiger partial charge is 0.444 e. The minimum atomic E-state index is -0.519. The molecular weight excluding hydrogens is 268 g/mol. The van der Waals surface area contributed by atoms with Gasteiger partial charge in [-0.2, -0.15) is 0 Å². The standard InChI is InChI=1S/C16H20N2O3/c1-16(2,3)21-15(20)18(4)9-11-6-5-7-13-12(10-19)8-17-14(11)13/h5-8,10,17H,9H2,1-4H3. The summed E-state index contributed by atoms with van der Waals surface area (Å²) < 4.78 is 5.33. The molecule has 21 heavy (non-hydrogen) atoms. The molecule has 1 amide bonds. The van der Waals surface area contributed by atoms with Gasteiger partial charge in [0.15, 0.2) is 6.29 Å². The van der Waals surface area contributed by atoms with Gasteiger partial charge in [-0.05, 0) is 26.3 Å². The summed E-state index contributed by atoms with van der Waals surface area (Å²) in [6.07, 6.45) is 2.12. The molecule has 0 radical (unpaired) electrons. The quantitative estimate of drug-likeness (QED) is 0.881. The molecule has 0 unspecified atom stereocenters. The second-order valence-corrected chi connectivity index (χ2v) is 6.04. The highest BCUT2D eigenvalue weighted by atomic mass is 16.6. The van der Waals surface area contributed by atoms with Crippen LogP contribution in [-0.2, 0) is 11.3 Å². The molecular formula is C16H20N2O3. The molecule has 5 heteroatoms. The molecule has 1 aromatic carbocycles. The maximum Gasteiger partial charge on any atom is 0.410 e. The number of fused-ring (bicyclic) bond motifs is 1. The highest BCUT2D eigenvalue weighted by Crippen LogP contribution is 2.22. The van der Waals surface area contributed by atoms with E-state index >= 15 is 0 Å². The van der Waals surface area contributed by atoms with Gasteiger partial charge in [0.05, 0.1) is 12.1 Å². The molecule has 2 rings (SSSR count).